The van der Waals surface area contributed by atoms with E-state index in [2.05, 4.69) is 49.5 Å². The van der Waals surface area contributed by atoms with Gasteiger partial charge in [-0.25, -0.2) is 0 Å². The van der Waals surface area contributed by atoms with Gasteiger partial charge < -0.3 is 10.1 Å². The van der Waals surface area contributed by atoms with E-state index in [1.165, 1.54) is 31.2 Å². The third-order valence-electron chi connectivity index (χ3n) is 3.96. The van der Waals surface area contributed by atoms with Crippen LogP contribution >= 0.6 is 43.6 Å². The first kappa shape index (κ1) is 17.6. The molecule has 1 N–H and O–H groups in total. The molecule has 0 spiro atoms. The van der Waals surface area contributed by atoms with Crippen LogP contribution in [-0.2, 0) is 6.54 Å². The quantitative estimate of drug-likeness (QED) is 0.647. The maximum absolute atomic E-state index is 5.79. The van der Waals surface area contributed by atoms with Gasteiger partial charge in [0, 0.05) is 27.9 Å². The molecule has 5 heteroatoms. The molecular formula is C16H23Br2NOS. The first-order chi connectivity index (χ1) is 10.1. The summed E-state index contributed by atoms with van der Waals surface area (Å²) in [5, 5.41) is 4.57. The minimum Gasteiger partial charge on any atom is -0.492 e. The second-order valence-electron chi connectivity index (χ2n) is 5.40. The lowest BCUT2D eigenvalue weighted by Gasteiger charge is -2.28. The van der Waals surface area contributed by atoms with E-state index in [-0.39, 0.29) is 0 Å². The largest absolute Gasteiger partial charge is 0.492 e. The first-order valence-corrected chi connectivity index (χ1v) is 10.4. The molecule has 2 nitrogen and oxygen atoms in total. The smallest absolute Gasteiger partial charge is 0.138 e. The lowest BCUT2D eigenvalue weighted by Crippen LogP contribution is -2.33. The van der Waals surface area contributed by atoms with Gasteiger partial charge in [0.15, 0.2) is 0 Å². The zero-order valence-corrected chi connectivity index (χ0v) is 16.6. The third-order valence-corrected chi connectivity index (χ3v) is 6.15. The minimum atomic E-state index is 0.639. The second kappa shape index (κ2) is 8.80. The molecule has 0 aromatic heterocycles. The molecule has 0 radical (unpaired) electrons. The van der Waals surface area contributed by atoms with Crippen molar-refractivity contribution >= 4 is 43.6 Å². The molecule has 1 fully saturated rings. The predicted molar refractivity (Wildman–Crippen MR) is 99.4 cm³/mol. The Balaban J connectivity index is 1.96. The number of ether oxygens (including phenoxy) is 1. The van der Waals surface area contributed by atoms with Gasteiger partial charge in [0.2, 0.25) is 0 Å². The number of halogens is 2. The fourth-order valence-corrected chi connectivity index (χ4v) is 4.98. The lowest BCUT2D eigenvalue weighted by molar-refractivity contribution is 0.329. The number of hydrogen-bond donors (Lipinski definition) is 1. The van der Waals surface area contributed by atoms with Crippen LogP contribution in [-0.4, -0.2) is 24.2 Å². The Kier molecular flexibility index (Phi) is 7.39. The van der Waals surface area contributed by atoms with Crippen LogP contribution in [0.15, 0.2) is 21.1 Å². The van der Waals surface area contributed by atoms with Crippen LogP contribution in [0.2, 0.25) is 0 Å². The Hall–Kier alpha value is 0.290. The molecule has 1 aliphatic rings. The highest BCUT2D eigenvalue weighted by Gasteiger charge is 2.20. The van der Waals surface area contributed by atoms with Crippen molar-refractivity contribution in [3.8, 4) is 5.75 Å². The molecule has 21 heavy (non-hydrogen) atoms. The van der Waals surface area contributed by atoms with Gasteiger partial charge in [-0.15, -0.1) is 0 Å². The van der Waals surface area contributed by atoms with Gasteiger partial charge in [0.1, 0.15) is 5.75 Å². The number of benzene rings is 1. The molecular weight excluding hydrogens is 414 g/mol. The van der Waals surface area contributed by atoms with Gasteiger partial charge >= 0.3 is 0 Å². The molecule has 0 aliphatic heterocycles. The molecule has 1 saturated carbocycles. The maximum atomic E-state index is 5.79. The van der Waals surface area contributed by atoms with Crippen LogP contribution in [0, 0.1) is 0 Å². The molecule has 1 aliphatic carbocycles. The van der Waals surface area contributed by atoms with Crippen LogP contribution in [0.3, 0.4) is 0 Å². The molecule has 0 bridgehead atoms. The van der Waals surface area contributed by atoms with Crippen molar-refractivity contribution in [2.75, 3.05) is 12.9 Å². The van der Waals surface area contributed by atoms with E-state index in [9.17, 15) is 0 Å². The fraction of sp³-hybridized carbons (Fsp3) is 0.625. The first-order valence-electron chi connectivity index (χ1n) is 7.51. The molecule has 0 unspecified atom stereocenters. The van der Waals surface area contributed by atoms with Crippen molar-refractivity contribution in [3.05, 3.63) is 26.6 Å². The molecule has 2 rings (SSSR count). The van der Waals surface area contributed by atoms with Crippen LogP contribution in [0.4, 0.5) is 0 Å². The van der Waals surface area contributed by atoms with Crippen LogP contribution in [0.25, 0.3) is 0 Å². The van der Waals surface area contributed by atoms with Gasteiger partial charge in [0.05, 0.1) is 11.1 Å². The van der Waals surface area contributed by atoms with Crippen LogP contribution in [0.1, 0.15) is 38.2 Å². The summed E-state index contributed by atoms with van der Waals surface area (Å²) in [6.07, 6.45) is 7.46. The van der Waals surface area contributed by atoms with Crippen LogP contribution < -0.4 is 10.1 Å². The number of hydrogen-bond acceptors (Lipinski definition) is 3. The Morgan fingerprint density at radius 2 is 1.95 bits per heavy atom. The zero-order valence-electron chi connectivity index (χ0n) is 12.6. The van der Waals surface area contributed by atoms with Gasteiger partial charge in [-0.1, -0.05) is 15.9 Å². The van der Waals surface area contributed by atoms with Crippen molar-refractivity contribution in [2.24, 2.45) is 0 Å². The molecule has 118 valence electrons. The Morgan fingerprint density at radius 3 is 2.57 bits per heavy atom. The van der Waals surface area contributed by atoms with E-state index in [1.807, 2.05) is 24.8 Å². The highest BCUT2D eigenvalue weighted by molar-refractivity contribution is 9.11. The summed E-state index contributed by atoms with van der Waals surface area (Å²) in [4.78, 5) is 0. The van der Waals surface area contributed by atoms with E-state index in [0.717, 1.165) is 26.5 Å². The molecule has 0 amide bonds. The fourth-order valence-electron chi connectivity index (χ4n) is 2.81. The molecule has 0 saturated heterocycles. The molecule has 1 aromatic rings. The van der Waals surface area contributed by atoms with E-state index in [0.29, 0.717) is 12.6 Å². The number of nitrogens with one attached hydrogen (secondary N) is 1. The summed E-state index contributed by atoms with van der Waals surface area (Å²) in [5.74, 6) is 0.964. The summed E-state index contributed by atoms with van der Waals surface area (Å²) in [7, 11) is 0. The summed E-state index contributed by atoms with van der Waals surface area (Å²) in [6, 6.07) is 4.83. The summed E-state index contributed by atoms with van der Waals surface area (Å²) < 4.78 is 7.89. The summed E-state index contributed by atoms with van der Waals surface area (Å²) in [5.41, 5.74) is 1.21. The molecule has 0 atom stereocenters. The van der Waals surface area contributed by atoms with Gasteiger partial charge in [-0.2, -0.15) is 11.8 Å². The molecule has 1 aromatic carbocycles. The normalized spacial score (nSPS) is 22.3. The van der Waals surface area contributed by atoms with E-state index in [4.69, 9.17) is 4.74 Å². The Morgan fingerprint density at radius 1 is 1.24 bits per heavy atom. The summed E-state index contributed by atoms with van der Waals surface area (Å²) >= 11 is 9.18. The topological polar surface area (TPSA) is 21.3 Å². The zero-order chi connectivity index (χ0) is 15.2. The van der Waals surface area contributed by atoms with Crippen molar-refractivity contribution in [2.45, 2.75) is 50.4 Å². The average Bonchev–Trinajstić information content (AvgIpc) is 2.48. The number of rotatable bonds is 6. The second-order valence-corrected chi connectivity index (χ2v) is 8.31. The number of thioether (sulfide) groups is 1. The van der Waals surface area contributed by atoms with Crippen molar-refractivity contribution in [1.82, 2.24) is 5.32 Å². The third kappa shape index (κ3) is 5.15. The SMILES string of the molecule is CCOc1c(Br)cc(Br)cc1CNC1CCC(SC)CC1. The monoisotopic (exact) mass is 435 g/mol. The summed E-state index contributed by atoms with van der Waals surface area (Å²) in [6.45, 7) is 3.57. The standard InChI is InChI=1S/C16H23Br2NOS/c1-3-20-16-11(8-12(17)9-15(16)18)10-19-13-4-6-14(21-2)7-5-13/h8-9,13-14,19H,3-7,10H2,1-2H3. The maximum Gasteiger partial charge on any atom is 0.138 e. The van der Waals surface area contributed by atoms with Gasteiger partial charge in [-0.05, 0) is 66.9 Å². The van der Waals surface area contributed by atoms with Crippen molar-refractivity contribution < 1.29 is 4.74 Å². The van der Waals surface area contributed by atoms with Gasteiger partial charge in [0.25, 0.3) is 0 Å². The van der Waals surface area contributed by atoms with Gasteiger partial charge in [-0.3, -0.25) is 0 Å². The Bertz CT molecular complexity index is 462. The van der Waals surface area contributed by atoms with E-state index in [1.54, 1.807) is 0 Å². The van der Waals surface area contributed by atoms with E-state index < -0.39 is 0 Å². The molecule has 0 heterocycles. The van der Waals surface area contributed by atoms with E-state index >= 15 is 0 Å². The average molecular weight is 437 g/mol. The minimum absolute atomic E-state index is 0.639. The van der Waals surface area contributed by atoms with Crippen LogP contribution in [0.5, 0.6) is 5.75 Å². The Labute approximate surface area is 149 Å². The highest BCUT2D eigenvalue weighted by Crippen LogP contribution is 2.33. The predicted octanol–water partition coefficient (Wildman–Crippen LogP) is 5.37. The lowest BCUT2D eigenvalue weighted by atomic mass is 9.95. The van der Waals surface area contributed by atoms with Crippen molar-refractivity contribution in [1.29, 1.82) is 0 Å². The van der Waals surface area contributed by atoms with Crippen molar-refractivity contribution in [3.63, 3.8) is 0 Å². The highest BCUT2D eigenvalue weighted by atomic mass is 79.9.